The fourth-order valence-corrected chi connectivity index (χ4v) is 2.53. The molecule has 0 aliphatic heterocycles. The van der Waals surface area contributed by atoms with Gasteiger partial charge in [-0.3, -0.25) is 4.90 Å². The number of nitrogens with zero attached hydrogens (tertiary/aromatic N) is 1. The van der Waals surface area contributed by atoms with E-state index in [0.29, 0.717) is 6.04 Å². The molecule has 0 saturated heterocycles. The molecule has 0 rings (SSSR count). The minimum atomic E-state index is 0.489. The fourth-order valence-electron chi connectivity index (χ4n) is 2.53. The molecule has 0 aliphatic rings. The third kappa shape index (κ3) is 10.6. The normalized spacial score (nSPS) is 13.1. The van der Waals surface area contributed by atoms with E-state index in [4.69, 9.17) is 15.2 Å². The quantitative estimate of drug-likeness (QED) is 0.471. The molecule has 0 heterocycles. The summed E-state index contributed by atoms with van der Waals surface area (Å²) in [5, 5.41) is 0. The summed E-state index contributed by atoms with van der Waals surface area (Å²) in [5.74, 6) is 0. The van der Waals surface area contributed by atoms with Crippen molar-refractivity contribution in [3.8, 4) is 0 Å². The third-order valence-electron chi connectivity index (χ3n) is 3.81. The van der Waals surface area contributed by atoms with Gasteiger partial charge in [0.2, 0.25) is 0 Å². The molecule has 0 aromatic rings. The number of unbranched alkanes of at least 4 members (excludes halogenated alkanes) is 4. The Kier molecular flexibility index (Phi) is 15.1. The van der Waals surface area contributed by atoms with Gasteiger partial charge in [-0.2, -0.15) is 0 Å². The molecule has 0 bridgehead atoms. The second-order valence-electron chi connectivity index (χ2n) is 5.47. The Morgan fingerprint density at radius 3 is 2.20 bits per heavy atom. The molecule has 0 fully saturated rings. The summed E-state index contributed by atoms with van der Waals surface area (Å²) in [6.07, 6.45) is 8.90. The molecule has 0 saturated carbocycles. The van der Waals surface area contributed by atoms with Crippen LogP contribution >= 0.6 is 0 Å². The maximum absolute atomic E-state index is 5.98. The zero-order valence-corrected chi connectivity index (χ0v) is 13.9. The van der Waals surface area contributed by atoms with E-state index >= 15 is 0 Å². The maximum Gasteiger partial charge on any atom is 0.0589 e. The lowest BCUT2D eigenvalue weighted by atomic mass is 10.0. The molecular weight excluding hydrogens is 252 g/mol. The van der Waals surface area contributed by atoms with Gasteiger partial charge in [-0.05, 0) is 12.8 Å². The Bertz CT molecular complexity index is 191. The highest BCUT2D eigenvalue weighted by molar-refractivity contribution is 4.73. The minimum Gasteiger partial charge on any atom is -0.385 e. The summed E-state index contributed by atoms with van der Waals surface area (Å²) in [5.41, 5.74) is 5.98. The average Bonchev–Trinajstić information content (AvgIpc) is 2.47. The zero-order chi connectivity index (χ0) is 15.1. The lowest BCUT2D eigenvalue weighted by Crippen LogP contribution is -2.43. The second kappa shape index (κ2) is 15.2. The second-order valence-corrected chi connectivity index (χ2v) is 5.47. The average molecular weight is 288 g/mol. The Hall–Kier alpha value is -0.160. The van der Waals surface area contributed by atoms with Crippen LogP contribution in [0.4, 0.5) is 0 Å². The number of hydrogen-bond acceptors (Lipinski definition) is 4. The van der Waals surface area contributed by atoms with E-state index < -0.39 is 0 Å². The lowest BCUT2D eigenvalue weighted by molar-refractivity contribution is 0.104. The first-order valence-electron chi connectivity index (χ1n) is 8.22. The molecule has 2 N–H and O–H groups in total. The van der Waals surface area contributed by atoms with E-state index in [1.807, 2.05) is 0 Å². The van der Waals surface area contributed by atoms with Gasteiger partial charge in [0.05, 0.1) is 6.61 Å². The highest BCUT2D eigenvalue weighted by atomic mass is 16.5. The fraction of sp³-hybridized carbons (Fsp3) is 1.00. The number of hydrogen-bond donors (Lipinski definition) is 1. The maximum atomic E-state index is 5.98. The van der Waals surface area contributed by atoms with Gasteiger partial charge in [0.25, 0.3) is 0 Å². The molecule has 0 aliphatic carbocycles. The van der Waals surface area contributed by atoms with E-state index in [0.717, 1.165) is 39.3 Å². The van der Waals surface area contributed by atoms with Crippen molar-refractivity contribution in [2.45, 2.75) is 57.9 Å². The van der Waals surface area contributed by atoms with Crippen molar-refractivity contribution in [2.24, 2.45) is 5.73 Å². The Morgan fingerprint density at radius 2 is 1.60 bits per heavy atom. The molecule has 0 aromatic heterocycles. The van der Waals surface area contributed by atoms with Crippen molar-refractivity contribution in [3.63, 3.8) is 0 Å². The van der Waals surface area contributed by atoms with Crippen molar-refractivity contribution in [1.29, 1.82) is 0 Å². The molecule has 1 unspecified atom stereocenters. The highest BCUT2D eigenvalue weighted by Gasteiger charge is 2.16. The van der Waals surface area contributed by atoms with Crippen molar-refractivity contribution >= 4 is 0 Å². The number of ether oxygens (including phenoxy) is 2. The van der Waals surface area contributed by atoms with Gasteiger partial charge < -0.3 is 15.2 Å². The molecule has 0 aromatic carbocycles. The molecular formula is C16H36N2O2. The predicted octanol–water partition coefficient (Wildman–Crippen LogP) is 2.66. The smallest absolute Gasteiger partial charge is 0.0589 e. The summed E-state index contributed by atoms with van der Waals surface area (Å²) in [7, 11) is 3.52. The molecule has 122 valence electrons. The summed E-state index contributed by atoms with van der Waals surface area (Å²) < 4.78 is 10.4. The Morgan fingerprint density at radius 1 is 0.900 bits per heavy atom. The van der Waals surface area contributed by atoms with Crippen LogP contribution in [0.1, 0.15) is 51.9 Å². The van der Waals surface area contributed by atoms with Crippen LogP contribution in [0, 0.1) is 0 Å². The van der Waals surface area contributed by atoms with Gasteiger partial charge in [0.15, 0.2) is 0 Å². The van der Waals surface area contributed by atoms with Gasteiger partial charge in [-0.1, -0.05) is 39.0 Å². The lowest BCUT2D eigenvalue weighted by Gasteiger charge is -2.30. The monoisotopic (exact) mass is 288 g/mol. The van der Waals surface area contributed by atoms with Crippen LogP contribution in [-0.4, -0.2) is 58.0 Å². The number of nitrogens with two attached hydrogens (primary N) is 1. The first-order valence-corrected chi connectivity index (χ1v) is 8.22. The van der Waals surface area contributed by atoms with Gasteiger partial charge in [-0.25, -0.2) is 0 Å². The van der Waals surface area contributed by atoms with Crippen LogP contribution in [0.5, 0.6) is 0 Å². The van der Waals surface area contributed by atoms with Crippen molar-refractivity contribution in [2.75, 3.05) is 47.1 Å². The largest absolute Gasteiger partial charge is 0.385 e. The van der Waals surface area contributed by atoms with E-state index in [1.54, 1.807) is 14.2 Å². The van der Waals surface area contributed by atoms with Crippen LogP contribution in [0.25, 0.3) is 0 Å². The predicted molar refractivity (Wildman–Crippen MR) is 86.2 cm³/mol. The summed E-state index contributed by atoms with van der Waals surface area (Å²) >= 11 is 0. The van der Waals surface area contributed by atoms with E-state index in [-0.39, 0.29) is 0 Å². The number of methoxy groups -OCH3 is 2. The molecule has 1 atom stereocenters. The van der Waals surface area contributed by atoms with Crippen molar-refractivity contribution in [3.05, 3.63) is 0 Å². The minimum absolute atomic E-state index is 0.489. The third-order valence-corrected chi connectivity index (χ3v) is 3.81. The van der Waals surface area contributed by atoms with Crippen molar-refractivity contribution in [1.82, 2.24) is 4.90 Å². The SMILES string of the molecule is CCCCCCCC(CN)N(CCCOC)CCOC. The van der Waals surface area contributed by atoms with Crippen LogP contribution in [0.2, 0.25) is 0 Å². The molecule has 0 radical (unpaired) electrons. The molecule has 20 heavy (non-hydrogen) atoms. The topological polar surface area (TPSA) is 47.7 Å². The Labute approximate surface area is 126 Å². The van der Waals surface area contributed by atoms with Crippen LogP contribution in [0.3, 0.4) is 0 Å². The molecule has 0 amide bonds. The summed E-state index contributed by atoms with van der Waals surface area (Å²) in [6, 6.07) is 0.489. The first kappa shape index (κ1) is 19.8. The summed E-state index contributed by atoms with van der Waals surface area (Å²) in [4.78, 5) is 2.47. The molecule has 4 nitrogen and oxygen atoms in total. The standard InChI is InChI=1S/C16H36N2O2/c1-4-5-6-7-8-10-16(15-17)18(12-14-20-3)11-9-13-19-2/h16H,4-15,17H2,1-3H3. The van der Waals surface area contributed by atoms with E-state index in [2.05, 4.69) is 11.8 Å². The molecule has 4 heteroatoms. The first-order chi connectivity index (χ1) is 9.79. The van der Waals surface area contributed by atoms with Crippen LogP contribution in [-0.2, 0) is 9.47 Å². The van der Waals surface area contributed by atoms with Gasteiger partial charge in [0, 0.05) is 46.5 Å². The van der Waals surface area contributed by atoms with E-state index in [9.17, 15) is 0 Å². The highest BCUT2D eigenvalue weighted by Crippen LogP contribution is 2.12. The van der Waals surface area contributed by atoms with E-state index in [1.165, 1.54) is 38.5 Å². The van der Waals surface area contributed by atoms with Crippen LogP contribution in [0.15, 0.2) is 0 Å². The number of rotatable bonds is 15. The van der Waals surface area contributed by atoms with Gasteiger partial charge in [0.1, 0.15) is 0 Å². The van der Waals surface area contributed by atoms with Crippen LogP contribution < -0.4 is 5.73 Å². The molecule has 0 spiro atoms. The van der Waals surface area contributed by atoms with Gasteiger partial charge in [-0.15, -0.1) is 0 Å². The van der Waals surface area contributed by atoms with Gasteiger partial charge >= 0.3 is 0 Å². The van der Waals surface area contributed by atoms with Crippen molar-refractivity contribution < 1.29 is 9.47 Å². The summed E-state index contributed by atoms with van der Waals surface area (Å²) in [6.45, 7) is 6.61. The zero-order valence-electron chi connectivity index (χ0n) is 13.9. The Balaban J connectivity index is 4.03.